The van der Waals surface area contributed by atoms with E-state index in [2.05, 4.69) is 22.5 Å². The molecule has 8 heteroatoms. The SMILES string of the molecule is CCCC1NC(CCC2CCCCC2)=CC(C(=O)OCC)(c2ccc(C(=O)NCc3cccnc3)cc2)C1C(N)=O. The Labute approximate surface area is 243 Å². The van der Waals surface area contributed by atoms with E-state index < -0.39 is 23.2 Å². The van der Waals surface area contributed by atoms with Gasteiger partial charge in [-0.3, -0.25) is 19.4 Å². The van der Waals surface area contributed by atoms with E-state index in [0.29, 0.717) is 30.0 Å². The summed E-state index contributed by atoms with van der Waals surface area (Å²) in [6.45, 7) is 4.35. The Morgan fingerprint density at radius 1 is 1.07 bits per heavy atom. The summed E-state index contributed by atoms with van der Waals surface area (Å²) in [5.74, 6) is -1.45. The van der Waals surface area contributed by atoms with Crippen LogP contribution in [0.5, 0.6) is 0 Å². The van der Waals surface area contributed by atoms with Gasteiger partial charge in [-0.1, -0.05) is 63.6 Å². The number of amides is 2. The van der Waals surface area contributed by atoms with Crippen LogP contribution in [0.3, 0.4) is 0 Å². The second-order valence-corrected chi connectivity index (χ2v) is 11.3. The zero-order chi connectivity index (χ0) is 29.2. The number of carbonyl (C=O) groups is 3. The lowest BCUT2D eigenvalue weighted by atomic mass is 9.63. The molecule has 2 amide bonds. The average molecular weight is 561 g/mol. The van der Waals surface area contributed by atoms with Gasteiger partial charge < -0.3 is 21.1 Å². The quantitative estimate of drug-likeness (QED) is 0.316. The molecule has 1 aromatic carbocycles. The number of esters is 1. The fourth-order valence-electron chi connectivity index (χ4n) is 6.50. The molecule has 0 bridgehead atoms. The molecule has 220 valence electrons. The molecular formula is C33H44N4O4. The lowest BCUT2D eigenvalue weighted by Gasteiger charge is -2.44. The first-order valence-corrected chi connectivity index (χ1v) is 15.1. The van der Waals surface area contributed by atoms with Gasteiger partial charge in [0.05, 0.1) is 12.5 Å². The summed E-state index contributed by atoms with van der Waals surface area (Å²) in [5.41, 5.74) is 7.57. The van der Waals surface area contributed by atoms with Crippen LogP contribution in [-0.2, 0) is 26.3 Å². The number of aromatic nitrogens is 1. The Morgan fingerprint density at radius 3 is 2.46 bits per heavy atom. The number of nitrogens with zero attached hydrogens (tertiary/aromatic N) is 1. The van der Waals surface area contributed by atoms with Crippen molar-refractivity contribution in [3.8, 4) is 0 Å². The molecule has 41 heavy (non-hydrogen) atoms. The zero-order valence-corrected chi connectivity index (χ0v) is 24.4. The van der Waals surface area contributed by atoms with E-state index >= 15 is 0 Å². The molecule has 4 rings (SSSR count). The predicted octanol–water partition coefficient (Wildman–Crippen LogP) is 4.93. The molecule has 1 fully saturated rings. The van der Waals surface area contributed by atoms with Crippen molar-refractivity contribution in [2.75, 3.05) is 6.61 Å². The van der Waals surface area contributed by atoms with Crippen molar-refractivity contribution in [1.29, 1.82) is 0 Å². The van der Waals surface area contributed by atoms with Crippen molar-refractivity contribution in [2.45, 2.75) is 89.6 Å². The number of allylic oxidation sites excluding steroid dienone is 1. The maximum Gasteiger partial charge on any atom is 0.321 e. The normalized spacial score (nSPS) is 22.7. The summed E-state index contributed by atoms with van der Waals surface area (Å²) in [4.78, 5) is 44.0. The summed E-state index contributed by atoms with van der Waals surface area (Å²) in [6, 6.07) is 10.3. The minimum absolute atomic E-state index is 0.179. The number of primary amides is 1. The number of nitrogens with two attached hydrogens (primary N) is 1. The van der Waals surface area contributed by atoms with E-state index in [-0.39, 0.29) is 18.6 Å². The third kappa shape index (κ3) is 7.16. The Morgan fingerprint density at radius 2 is 1.83 bits per heavy atom. The Bertz CT molecular complexity index is 1210. The van der Waals surface area contributed by atoms with Crippen LogP contribution in [0.2, 0.25) is 0 Å². The number of ether oxygens (including phenoxy) is 1. The largest absolute Gasteiger partial charge is 0.465 e. The molecule has 8 nitrogen and oxygen atoms in total. The van der Waals surface area contributed by atoms with Crippen LogP contribution >= 0.6 is 0 Å². The molecule has 2 aromatic rings. The van der Waals surface area contributed by atoms with E-state index in [1.165, 1.54) is 32.1 Å². The number of hydrogen-bond donors (Lipinski definition) is 3. The van der Waals surface area contributed by atoms with E-state index in [0.717, 1.165) is 30.5 Å². The minimum Gasteiger partial charge on any atom is -0.465 e. The highest BCUT2D eigenvalue weighted by Crippen LogP contribution is 2.43. The summed E-state index contributed by atoms with van der Waals surface area (Å²) in [5, 5.41) is 6.50. The van der Waals surface area contributed by atoms with Gasteiger partial charge in [0.15, 0.2) is 0 Å². The van der Waals surface area contributed by atoms with Crippen LogP contribution in [0.1, 0.15) is 93.1 Å². The van der Waals surface area contributed by atoms with Crippen LogP contribution < -0.4 is 16.4 Å². The summed E-state index contributed by atoms with van der Waals surface area (Å²) >= 11 is 0. The summed E-state index contributed by atoms with van der Waals surface area (Å²) < 4.78 is 5.65. The molecule has 1 saturated carbocycles. The van der Waals surface area contributed by atoms with Crippen LogP contribution in [0.25, 0.3) is 0 Å². The van der Waals surface area contributed by atoms with Crippen molar-refractivity contribution in [3.05, 3.63) is 77.3 Å². The lowest BCUT2D eigenvalue weighted by molar-refractivity contribution is -0.153. The Kier molecular flexibility index (Phi) is 10.6. The summed E-state index contributed by atoms with van der Waals surface area (Å²) in [6.07, 6.45) is 15.0. The molecule has 1 aromatic heterocycles. The number of carbonyl (C=O) groups excluding carboxylic acids is 3. The first kappa shape index (κ1) is 30.3. The maximum atomic E-state index is 13.9. The fourth-order valence-corrected chi connectivity index (χ4v) is 6.50. The standard InChI is InChI=1S/C33H44N4O4/c1-3-9-28-29(30(34)38)33(32(40)41-4-2,20-27(37-28)18-13-23-10-6-5-7-11-23)26-16-14-25(15-17-26)31(39)36-22-24-12-8-19-35-21-24/h8,12,14-17,19-21,23,28-29,37H,3-7,9-11,13,18,22H2,1-2H3,(H2,34,38)(H,36,39). The van der Waals surface area contributed by atoms with Crippen molar-refractivity contribution < 1.29 is 19.1 Å². The fraction of sp³-hybridized carbons (Fsp3) is 0.515. The number of rotatable bonds is 12. The molecular weight excluding hydrogens is 516 g/mol. The second-order valence-electron chi connectivity index (χ2n) is 11.3. The average Bonchev–Trinajstić information content (AvgIpc) is 2.99. The van der Waals surface area contributed by atoms with Gasteiger partial charge in [-0.05, 0) is 67.5 Å². The Hall–Kier alpha value is -3.68. The van der Waals surface area contributed by atoms with Crippen LogP contribution in [0.4, 0.5) is 0 Å². The second kappa shape index (κ2) is 14.3. The highest BCUT2D eigenvalue weighted by molar-refractivity contribution is 5.96. The van der Waals surface area contributed by atoms with Crippen molar-refractivity contribution in [1.82, 2.24) is 15.6 Å². The molecule has 4 N–H and O–H groups in total. The minimum atomic E-state index is -1.39. The number of pyridine rings is 1. The molecule has 2 aliphatic rings. The van der Waals surface area contributed by atoms with Crippen molar-refractivity contribution in [2.24, 2.45) is 17.6 Å². The molecule has 3 atom stereocenters. The van der Waals surface area contributed by atoms with Gasteiger partial charge in [0, 0.05) is 36.2 Å². The Balaban J connectivity index is 1.68. The van der Waals surface area contributed by atoms with Crippen LogP contribution in [-0.4, -0.2) is 35.4 Å². The first-order valence-electron chi connectivity index (χ1n) is 15.1. The number of hydrogen-bond acceptors (Lipinski definition) is 6. The van der Waals surface area contributed by atoms with Gasteiger partial charge >= 0.3 is 5.97 Å². The van der Waals surface area contributed by atoms with Gasteiger partial charge in [-0.25, -0.2) is 0 Å². The molecule has 1 aliphatic carbocycles. The van der Waals surface area contributed by atoms with Gasteiger partial charge in [0.2, 0.25) is 5.91 Å². The van der Waals surface area contributed by atoms with Gasteiger partial charge in [-0.15, -0.1) is 0 Å². The molecule has 0 saturated heterocycles. The number of benzene rings is 1. The summed E-state index contributed by atoms with van der Waals surface area (Å²) in [7, 11) is 0. The van der Waals surface area contributed by atoms with Gasteiger partial charge in [0.25, 0.3) is 5.91 Å². The van der Waals surface area contributed by atoms with Crippen molar-refractivity contribution >= 4 is 17.8 Å². The highest BCUT2D eigenvalue weighted by atomic mass is 16.5. The highest BCUT2D eigenvalue weighted by Gasteiger charge is 2.55. The molecule has 2 heterocycles. The van der Waals surface area contributed by atoms with E-state index in [4.69, 9.17) is 10.5 Å². The smallest absolute Gasteiger partial charge is 0.321 e. The topological polar surface area (TPSA) is 123 Å². The van der Waals surface area contributed by atoms with Crippen LogP contribution in [0.15, 0.2) is 60.6 Å². The van der Waals surface area contributed by atoms with E-state index in [9.17, 15) is 14.4 Å². The van der Waals surface area contributed by atoms with E-state index in [1.54, 1.807) is 43.6 Å². The monoisotopic (exact) mass is 560 g/mol. The van der Waals surface area contributed by atoms with Crippen LogP contribution in [0, 0.1) is 11.8 Å². The predicted molar refractivity (Wildman–Crippen MR) is 159 cm³/mol. The third-order valence-corrected chi connectivity index (χ3v) is 8.53. The third-order valence-electron chi connectivity index (χ3n) is 8.53. The van der Waals surface area contributed by atoms with Crippen molar-refractivity contribution in [3.63, 3.8) is 0 Å². The first-order chi connectivity index (χ1) is 19.9. The molecule has 0 radical (unpaired) electrons. The lowest BCUT2D eigenvalue weighted by Crippen LogP contribution is -2.59. The van der Waals surface area contributed by atoms with Gasteiger partial charge in [0.1, 0.15) is 5.41 Å². The van der Waals surface area contributed by atoms with E-state index in [1.807, 2.05) is 18.2 Å². The zero-order valence-electron chi connectivity index (χ0n) is 24.4. The molecule has 3 unspecified atom stereocenters. The maximum absolute atomic E-state index is 13.9. The molecule has 1 aliphatic heterocycles. The van der Waals surface area contributed by atoms with Gasteiger partial charge in [-0.2, -0.15) is 0 Å². The number of nitrogens with one attached hydrogen (secondary N) is 2. The molecule has 0 spiro atoms.